The zero-order valence-electron chi connectivity index (χ0n) is 12.9. The maximum Gasteiger partial charge on any atom is 0.416 e. The van der Waals surface area contributed by atoms with Gasteiger partial charge in [0.25, 0.3) is 0 Å². The lowest BCUT2D eigenvalue weighted by molar-refractivity contribution is -0.0897. The van der Waals surface area contributed by atoms with Crippen LogP contribution in [0.15, 0.2) is 61.0 Å². The van der Waals surface area contributed by atoms with Crippen LogP contribution in [-0.4, -0.2) is 6.18 Å². The summed E-state index contributed by atoms with van der Waals surface area (Å²) < 4.78 is 39.8. The molecule has 0 aliphatic heterocycles. The lowest BCUT2D eigenvalue weighted by atomic mass is 9.83. The predicted molar refractivity (Wildman–Crippen MR) is 86.1 cm³/mol. The van der Waals surface area contributed by atoms with Crippen molar-refractivity contribution < 1.29 is 13.2 Å². The maximum atomic E-state index is 13.3. The molecule has 0 heterocycles. The summed E-state index contributed by atoms with van der Waals surface area (Å²) in [7, 11) is 0. The predicted octanol–water partition coefficient (Wildman–Crippen LogP) is 5.80. The van der Waals surface area contributed by atoms with Crippen molar-refractivity contribution in [2.24, 2.45) is 5.92 Å². The molecule has 0 spiro atoms. The van der Waals surface area contributed by atoms with E-state index in [9.17, 15) is 13.2 Å². The Morgan fingerprint density at radius 2 is 1.64 bits per heavy atom. The van der Waals surface area contributed by atoms with Crippen LogP contribution in [0.5, 0.6) is 0 Å². The molecule has 0 aromatic heterocycles. The van der Waals surface area contributed by atoms with Gasteiger partial charge in [-0.25, -0.2) is 0 Å². The molecule has 0 saturated heterocycles. The van der Waals surface area contributed by atoms with E-state index in [0.717, 1.165) is 31.8 Å². The molecule has 1 rings (SSSR count). The molecular weight excluding hydrogens is 287 g/mol. The zero-order chi connectivity index (χ0) is 16.8. The first-order chi connectivity index (χ1) is 10.2. The Labute approximate surface area is 131 Å². The molecule has 22 heavy (non-hydrogen) atoms. The summed E-state index contributed by atoms with van der Waals surface area (Å²) in [5.74, 6) is 0.302. The van der Waals surface area contributed by atoms with Crippen molar-refractivity contribution in [2.45, 2.75) is 44.7 Å². The number of rotatable bonds is 7. The van der Waals surface area contributed by atoms with Crippen LogP contribution in [0.4, 0.5) is 13.2 Å². The molecule has 4 heteroatoms. The quantitative estimate of drug-likeness (QED) is 0.585. The first-order valence-electron chi connectivity index (χ1n) is 7.48. The first-order valence-corrected chi connectivity index (χ1v) is 7.48. The fourth-order valence-corrected chi connectivity index (χ4v) is 2.70. The fraction of sp³-hybridized carbons (Fsp3) is 0.444. The Bertz CT molecular complexity index is 477. The van der Waals surface area contributed by atoms with Gasteiger partial charge in [-0.15, -0.1) is 0 Å². The average Bonchev–Trinajstić information content (AvgIpc) is 2.44. The lowest BCUT2D eigenvalue weighted by Gasteiger charge is -2.24. The second-order valence-electron chi connectivity index (χ2n) is 5.75. The Morgan fingerprint density at radius 3 is 2.14 bits per heavy atom. The van der Waals surface area contributed by atoms with Gasteiger partial charge in [-0.3, -0.25) is 0 Å². The smallest absolute Gasteiger partial charge is 0.356 e. The third-order valence-corrected chi connectivity index (χ3v) is 3.83. The third-order valence-electron chi connectivity index (χ3n) is 3.83. The molecule has 0 amide bonds. The van der Waals surface area contributed by atoms with Crippen molar-refractivity contribution in [3.63, 3.8) is 0 Å². The van der Waals surface area contributed by atoms with Crippen LogP contribution in [-0.2, 0) is 0 Å². The van der Waals surface area contributed by atoms with Gasteiger partial charge in [-0.1, -0.05) is 58.4 Å². The Hall–Kier alpha value is -1.71. The van der Waals surface area contributed by atoms with Gasteiger partial charge in [-0.2, -0.15) is 13.2 Å². The van der Waals surface area contributed by atoms with Gasteiger partial charge in [0.05, 0.1) is 5.57 Å². The average molecular weight is 311 g/mol. The fourth-order valence-electron chi connectivity index (χ4n) is 2.70. The minimum absolute atomic E-state index is 0.127. The van der Waals surface area contributed by atoms with E-state index in [1.807, 2.05) is 0 Å². The van der Waals surface area contributed by atoms with Crippen molar-refractivity contribution in [2.75, 3.05) is 0 Å². The van der Waals surface area contributed by atoms with Crippen LogP contribution >= 0.6 is 0 Å². The summed E-state index contributed by atoms with van der Waals surface area (Å²) in [6, 6.07) is 0. The first kappa shape index (κ1) is 18.3. The Kier molecular flexibility index (Phi) is 6.72. The molecule has 1 aliphatic rings. The van der Waals surface area contributed by atoms with Crippen LogP contribution in [0.1, 0.15) is 38.5 Å². The highest BCUT2D eigenvalue weighted by Crippen LogP contribution is 2.37. The molecule has 1 aliphatic carbocycles. The molecule has 0 aromatic rings. The van der Waals surface area contributed by atoms with Crippen molar-refractivity contribution in [3.05, 3.63) is 61.0 Å². The molecule has 0 radical (unpaired) electrons. The Balaban J connectivity index is 2.83. The molecule has 1 N–H and O–H groups in total. The van der Waals surface area contributed by atoms with Crippen LogP contribution < -0.4 is 5.32 Å². The normalized spacial score (nSPS) is 17.0. The summed E-state index contributed by atoms with van der Waals surface area (Å²) in [5, 5.41) is 2.67. The highest BCUT2D eigenvalue weighted by molar-refractivity contribution is 5.39. The monoisotopic (exact) mass is 311 g/mol. The molecule has 0 aromatic carbocycles. The topological polar surface area (TPSA) is 12.0 Å². The molecular formula is C18H24F3N. The summed E-state index contributed by atoms with van der Waals surface area (Å²) in [4.78, 5) is 0. The van der Waals surface area contributed by atoms with E-state index in [0.29, 0.717) is 18.0 Å². The van der Waals surface area contributed by atoms with Crippen molar-refractivity contribution in [1.29, 1.82) is 0 Å². The van der Waals surface area contributed by atoms with Gasteiger partial charge in [0.2, 0.25) is 0 Å². The largest absolute Gasteiger partial charge is 0.416 e. The van der Waals surface area contributed by atoms with Crippen LogP contribution in [0.25, 0.3) is 0 Å². The summed E-state index contributed by atoms with van der Waals surface area (Å²) in [5.41, 5.74) is -0.0540. The van der Waals surface area contributed by atoms with Gasteiger partial charge in [0.15, 0.2) is 0 Å². The van der Waals surface area contributed by atoms with Crippen LogP contribution in [0.3, 0.4) is 0 Å². The number of hydrogen-bond acceptors (Lipinski definition) is 1. The number of nitrogens with one attached hydrogen (secondary N) is 1. The molecule has 122 valence electrons. The highest BCUT2D eigenvalue weighted by atomic mass is 19.4. The van der Waals surface area contributed by atoms with E-state index in [4.69, 9.17) is 0 Å². The Morgan fingerprint density at radius 1 is 1.05 bits per heavy atom. The number of alkyl halides is 3. The van der Waals surface area contributed by atoms with Gasteiger partial charge < -0.3 is 5.32 Å². The van der Waals surface area contributed by atoms with E-state index in [2.05, 4.69) is 31.6 Å². The molecule has 0 atom stereocenters. The van der Waals surface area contributed by atoms with Crippen LogP contribution in [0.2, 0.25) is 0 Å². The number of hydrogen-bond donors (Lipinski definition) is 1. The van der Waals surface area contributed by atoms with Crippen molar-refractivity contribution in [1.82, 2.24) is 5.32 Å². The highest BCUT2D eigenvalue weighted by Gasteiger charge is 2.35. The molecule has 0 bridgehead atoms. The lowest BCUT2D eigenvalue weighted by Crippen LogP contribution is -2.18. The van der Waals surface area contributed by atoms with Gasteiger partial charge >= 0.3 is 6.18 Å². The van der Waals surface area contributed by atoms with Gasteiger partial charge in [0.1, 0.15) is 0 Å². The maximum absolute atomic E-state index is 13.3. The SMILES string of the molecule is C=CC(=C)NC(=C)/C=C(\C(=C)CC1CCCCC1)C(F)(F)F. The van der Waals surface area contributed by atoms with Gasteiger partial charge in [-0.05, 0) is 30.1 Å². The van der Waals surface area contributed by atoms with E-state index >= 15 is 0 Å². The number of halogens is 3. The molecule has 1 saturated carbocycles. The van der Waals surface area contributed by atoms with Crippen molar-refractivity contribution >= 4 is 0 Å². The second-order valence-corrected chi connectivity index (χ2v) is 5.75. The van der Waals surface area contributed by atoms with Crippen LogP contribution in [0, 0.1) is 5.92 Å². The minimum Gasteiger partial charge on any atom is -0.356 e. The molecule has 1 fully saturated rings. The van der Waals surface area contributed by atoms with Gasteiger partial charge in [0, 0.05) is 11.4 Å². The standard InChI is InChI=1S/C18H24F3N/c1-5-14(3)22-15(4)12-17(18(19,20)21)13(2)11-16-9-7-6-8-10-16/h5,12,16,22H,1-4,6-11H2/b17-12+. The summed E-state index contributed by atoms with van der Waals surface area (Å²) in [6.45, 7) is 14.3. The zero-order valence-corrected chi connectivity index (χ0v) is 12.9. The second kappa shape index (κ2) is 8.06. The van der Waals surface area contributed by atoms with E-state index in [1.54, 1.807) is 0 Å². The molecule has 1 nitrogen and oxygen atoms in total. The van der Waals surface area contributed by atoms with E-state index < -0.39 is 11.7 Å². The summed E-state index contributed by atoms with van der Waals surface area (Å²) in [6.07, 6.45) is 3.70. The molecule has 0 unspecified atom stereocenters. The number of allylic oxidation sites excluding steroid dienone is 4. The van der Waals surface area contributed by atoms with E-state index in [-0.39, 0.29) is 11.3 Å². The third kappa shape index (κ3) is 5.96. The summed E-state index contributed by atoms with van der Waals surface area (Å²) >= 11 is 0. The minimum atomic E-state index is -4.44. The van der Waals surface area contributed by atoms with Crippen molar-refractivity contribution in [3.8, 4) is 0 Å². The van der Waals surface area contributed by atoms with E-state index in [1.165, 1.54) is 12.5 Å².